The van der Waals surface area contributed by atoms with Crippen LogP contribution in [0.2, 0.25) is 0 Å². The number of carbonyl (C=O) groups is 2. The standard InChI is InChI=1S/C27H25F2N7O3S.C14H16N4O4.C13H12F2N4S/c1-4-5-8-35-25(38)21-22(34(3)26(35)39)31-13-36(21)14(2)23(37)32-20-12-40-24(33-20)15-6-7-19(30-11-15)16-9-17-18(10-16)27(17,28)29;1-5-6-7-17-12(19)10-11(16(3)14(17)21)15-8-18(10)9(2)13(20)22-4;14-13(15)8-4-19(5-9(8)13)11-2-1-7(3-17-11)12-18-10(16)6-20-12/h6-7,11-14,16-18H,8-10H2,1-3H3,(H,32,37);8-9H,7H2,1-4H3;1-3,6,8-9H,4-5,16H2/t14-,16?,17?,18?;9-;/m00./s1. The molecule has 1 amide bonds. The predicted octanol–water partition coefficient (Wildman–Crippen LogP) is 5.54. The van der Waals surface area contributed by atoms with Gasteiger partial charge >= 0.3 is 17.3 Å². The Bertz CT molecular complexity index is 4170. The van der Waals surface area contributed by atoms with Gasteiger partial charge in [0.25, 0.3) is 23.0 Å². The minimum absolute atomic E-state index is 0.0181. The maximum Gasteiger partial charge on any atom is 0.333 e. The number of amides is 1. The van der Waals surface area contributed by atoms with Crippen LogP contribution in [0.25, 0.3) is 43.5 Å². The fourth-order valence-electron chi connectivity index (χ4n) is 10.5. The average molecular weight is 1160 g/mol. The Morgan fingerprint density at radius 1 is 0.732 bits per heavy atom. The topological polar surface area (TPSA) is 260 Å². The number of alkyl halides is 4. The number of hydrogen-bond acceptors (Lipinski definition) is 17. The molecule has 0 aromatic carbocycles. The van der Waals surface area contributed by atoms with Gasteiger partial charge in [-0.3, -0.25) is 28.5 Å². The number of nitrogens with one attached hydrogen (secondary N) is 1. The lowest BCUT2D eigenvalue weighted by molar-refractivity contribution is -0.143. The molecule has 6 atom stereocenters. The lowest BCUT2D eigenvalue weighted by Gasteiger charge is -2.20. The molecular formula is C54H53F4N15O7S2. The first kappa shape index (κ1) is 56.5. The Kier molecular flexibility index (Phi) is 15.1. The van der Waals surface area contributed by atoms with Gasteiger partial charge in [0.1, 0.15) is 39.6 Å². The highest BCUT2D eigenvalue weighted by Gasteiger charge is 2.72. The molecule has 0 radical (unpaired) electrons. The molecule has 8 aromatic rings. The monoisotopic (exact) mass is 1160 g/mol. The third-order valence-electron chi connectivity index (χ3n) is 15.4. The smallest absolute Gasteiger partial charge is 0.333 e. The zero-order valence-corrected chi connectivity index (χ0v) is 46.8. The molecule has 3 N–H and O–H groups in total. The number of thiazole rings is 2. The summed E-state index contributed by atoms with van der Waals surface area (Å²) in [6.45, 7) is 7.16. The van der Waals surface area contributed by atoms with E-state index in [1.807, 2.05) is 29.2 Å². The Labute approximate surface area is 471 Å². The molecule has 82 heavy (non-hydrogen) atoms. The van der Waals surface area contributed by atoms with Gasteiger partial charge in [-0.15, -0.1) is 34.5 Å². The number of hydrogen-bond donors (Lipinski definition) is 2. The second kappa shape index (κ2) is 21.9. The lowest BCUT2D eigenvalue weighted by atomic mass is 9.98. The summed E-state index contributed by atoms with van der Waals surface area (Å²) in [6, 6.07) is 5.93. The van der Waals surface area contributed by atoms with Gasteiger partial charge in [-0.25, -0.2) is 66.0 Å². The number of rotatable bonds is 11. The molecule has 4 aliphatic rings. The number of methoxy groups -OCH3 is 1. The summed E-state index contributed by atoms with van der Waals surface area (Å²) in [4.78, 5) is 103. The van der Waals surface area contributed by atoms with Crippen LogP contribution in [0.15, 0.2) is 79.3 Å². The number of halogens is 4. The van der Waals surface area contributed by atoms with Crippen molar-refractivity contribution in [3.8, 4) is 44.8 Å². The SMILES string of the molecule is CC#CCn1c(=O)c2c(ncn2[C@@H](C)C(=O)Nc2csc(-c3ccc(C4CC5C(C4)C5(F)F)nc3)n2)n(C)c1=O.CC#CCn1c(=O)c2c(ncn2[C@@H](C)C(=O)OC)n(C)c1=O.Nc1csc(-c2ccc(N3CC4C(C3)C4(F)F)nc2)n1. The van der Waals surface area contributed by atoms with Crippen LogP contribution in [0.5, 0.6) is 0 Å². The van der Waals surface area contributed by atoms with Crippen LogP contribution in [0.1, 0.15) is 64.2 Å². The molecule has 0 bridgehead atoms. The summed E-state index contributed by atoms with van der Waals surface area (Å²) in [7, 11) is 4.29. The summed E-state index contributed by atoms with van der Waals surface area (Å²) in [6.07, 6.45) is 7.05. The maximum absolute atomic E-state index is 13.5. The van der Waals surface area contributed by atoms with Crippen molar-refractivity contribution in [1.29, 1.82) is 0 Å². The number of nitrogens with zero attached hydrogens (tertiary/aromatic N) is 13. The van der Waals surface area contributed by atoms with E-state index in [1.165, 1.54) is 74.8 Å². The minimum Gasteiger partial charge on any atom is -0.467 e. The Hall–Kier alpha value is -8.76. The summed E-state index contributed by atoms with van der Waals surface area (Å²) in [5.74, 6) is 4.52. The second-order valence-corrected chi connectivity index (χ2v) is 21.9. The van der Waals surface area contributed by atoms with Crippen LogP contribution in [-0.4, -0.2) is 101 Å². The number of aromatic nitrogens is 12. The van der Waals surface area contributed by atoms with Crippen LogP contribution >= 0.6 is 22.7 Å². The van der Waals surface area contributed by atoms with Gasteiger partial charge in [-0.05, 0) is 64.8 Å². The summed E-state index contributed by atoms with van der Waals surface area (Å²) in [5, 5.41) is 7.71. The van der Waals surface area contributed by atoms with E-state index in [2.05, 4.69) is 63.6 Å². The normalized spacial score (nSPS) is 20.1. The summed E-state index contributed by atoms with van der Waals surface area (Å²) >= 11 is 2.79. The van der Waals surface area contributed by atoms with Crippen LogP contribution in [0, 0.1) is 47.4 Å². The highest BCUT2D eigenvalue weighted by molar-refractivity contribution is 7.13. The highest BCUT2D eigenvalue weighted by Crippen LogP contribution is 2.67. The van der Waals surface area contributed by atoms with E-state index < -0.39 is 82.0 Å². The van der Waals surface area contributed by atoms with Crippen LogP contribution in [-0.2, 0) is 41.5 Å². The molecule has 8 aromatic heterocycles. The van der Waals surface area contributed by atoms with Crippen molar-refractivity contribution in [1.82, 2.24) is 57.3 Å². The van der Waals surface area contributed by atoms with E-state index in [9.17, 15) is 46.3 Å². The molecule has 3 aliphatic carbocycles. The summed E-state index contributed by atoms with van der Waals surface area (Å²) < 4.78 is 65.4. The molecule has 3 saturated carbocycles. The van der Waals surface area contributed by atoms with Crippen molar-refractivity contribution in [3.05, 3.63) is 107 Å². The first-order valence-electron chi connectivity index (χ1n) is 25.7. The quantitative estimate of drug-likeness (QED) is 0.0916. The van der Waals surface area contributed by atoms with Gasteiger partial charge in [-0.1, -0.05) is 11.8 Å². The van der Waals surface area contributed by atoms with E-state index in [0.717, 1.165) is 36.8 Å². The number of pyridine rings is 2. The third kappa shape index (κ3) is 10.2. The highest BCUT2D eigenvalue weighted by atomic mass is 32.1. The van der Waals surface area contributed by atoms with E-state index in [4.69, 9.17) is 5.73 Å². The molecule has 426 valence electrons. The third-order valence-corrected chi connectivity index (χ3v) is 17.2. The first-order valence-corrected chi connectivity index (χ1v) is 27.5. The lowest BCUT2D eigenvalue weighted by Crippen LogP contribution is -2.40. The van der Waals surface area contributed by atoms with Crippen molar-refractivity contribution >= 4 is 74.3 Å². The fraction of sp³-hybridized carbons (Fsp3) is 0.407. The maximum atomic E-state index is 13.5. The number of nitrogen functional groups attached to an aromatic ring is 1. The number of fused-ring (bicyclic) bond motifs is 4. The second-order valence-electron chi connectivity index (χ2n) is 20.2. The molecule has 22 nitrogen and oxygen atoms in total. The van der Waals surface area contributed by atoms with Crippen LogP contribution in [0.3, 0.4) is 0 Å². The number of ether oxygens (including phenoxy) is 1. The molecular weight excluding hydrogens is 1110 g/mol. The van der Waals surface area contributed by atoms with E-state index in [-0.39, 0.29) is 41.3 Å². The average Bonchev–Trinajstić information content (AvgIpc) is 4.09. The van der Waals surface area contributed by atoms with Gasteiger partial charge in [0, 0.05) is 84.9 Å². The number of aryl methyl sites for hydroxylation is 2. The Balaban J connectivity index is 0.000000151. The largest absolute Gasteiger partial charge is 0.467 e. The molecule has 9 heterocycles. The van der Waals surface area contributed by atoms with E-state index in [0.29, 0.717) is 42.6 Å². The Morgan fingerprint density at radius 2 is 1.24 bits per heavy atom. The Morgan fingerprint density at radius 3 is 1.73 bits per heavy atom. The van der Waals surface area contributed by atoms with Crippen molar-refractivity contribution in [2.45, 2.75) is 83.5 Å². The van der Waals surface area contributed by atoms with Gasteiger partial charge in [0.15, 0.2) is 22.3 Å². The molecule has 4 unspecified atom stereocenters. The first-order chi connectivity index (χ1) is 39.1. The number of carbonyl (C=O) groups excluding carboxylic acids is 2. The zero-order valence-electron chi connectivity index (χ0n) is 45.1. The van der Waals surface area contributed by atoms with Crippen molar-refractivity contribution in [2.75, 3.05) is 36.1 Å². The summed E-state index contributed by atoms with van der Waals surface area (Å²) in [5.41, 5.74) is 6.58. The van der Waals surface area contributed by atoms with Gasteiger partial charge < -0.3 is 29.8 Å². The zero-order chi connectivity index (χ0) is 58.7. The number of anilines is 3. The van der Waals surface area contributed by atoms with Crippen molar-refractivity contribution in [2.24, 2.45) is 37.8 Å². The van der Waals surface area contributed by atoms with Gasteiger partial charge in [-0.2, -0.15) is 0 Å². The predicted molar refractivity (Wildman–Crippen MR) is 299 cm³/mol. The number of nitrogens with two attached hydrogens (primary N) is 1. The van der Waals surface area contributed by atoms with Gasteiger partial charge in [0.05, 0.1) is 44.7 Å². The molecule has 1 saturated heterocycles. The minimum atomic E-state index is -2.50. The number of imidazole rings is 2. The van der Waals surface area contributed by atoms with Crippen LogP contribution < -0.4 is 38.4 Å². The molecule has 28 heteroatoms. The molecule has 1 aliphatic heterocycles. The fourth-order valence-corrected chi connectivity index (χ4v) is 11.9. The van der Waals surface area contributed by atoms with Crippen molar-refractivity contribution < 1.29 is 31.9 Å². The molecule has 0 spiro atoms. The van der Waals surface area contributed by atoms with Gasteiger partial charge in [0.2, 0.25) is 5.91 Å². The van der Waals surface area contributed by atoms with E-state index in [1.54, 1.807) is 50.8 Å². The number of esters is 1. The number of piperidine rings is 1. The van der Waals surface area contributed by atoms with E-state index >= 15 is 0 Å². The van der Waals surface area contributed by atoms with Crippen molar-refractivity contribution in [3.63, 3.8) is 0 Å². The van der Waals surface area contributed by atoms with Crippen LogP contribution in [0.4, 0.5) is 35.0 Å². The molecule has 12 rings (SSSR count). The molecule has 4 fully saturated rings.